The first-order valence-electron chi connectivity index (χ1n) is 8.45. The number of piperidine rings is 3. The van der Waals surface area contributed by atoms with Crippen LogP contribution in [-0.4, -0.2) is 37.1 Å². The molecule has 0 radical (unpaired) electrons. The molecular weight excluding hydrogens is 293 g/mol. The second-order valence-electron chi connectivity index (χ2n) is 7.25. The predicted molar refractivity (Wildman–Crippen MR) is 86.5 cm³/mol. The standard InChI is InChI=1S/C19H22FNO2/c1-13-10-15(20)11-14-2-3-16(17(13)14)18(22)23-12-19-4-7-21(8-5-19)9-6-19/h3,10-11H,2,4-9,12H2,1H3. The van der Waals surface area contributed by atoms with E-state index in [0.29, 0.717) is 18.6 Å². The van der Waals surface area contributed by atoms with Gasteiger partial charge in [0.2, 0.25) is 0 Å². The molecule has 5 rings (SSSR count). The van der Waals surface area contributed by atoms with Crippen LogP contribution in [0.3, 0.4) is 0 Å². The number of esters is 1. The zero-order chi connectivity index (χ0) is 16.0. The summed E-state index contributed by atoms with van der Waals surface area (Å²) in [5.41, 5.74) is 3.36. The van der Waals surface area contributed by atoms with Gasteiger partial charge in [-0.1, -0.05) is 6.08 Å². The maximum absolute atomic E-state index is 13.5. The fourth-order valence-corrected chi connectivity index (χ4v) is 4.27. The Morgan fingerprint density at radius 2 is 1.96 bits per heavy atom. The number of aryl methyl sites for hydroxylation is 1. The van der Waals surface area contributed by atoms with Gasteiger partial charge in [0.25, 0.3) is 0 Å². The lowest BCUT2D eigenvalue weighted by Gasteiger charge is -2.47. The van der Waals surface area contributed by atoms with Crippen molar-refractivity contribution in [3.05, 3.63) is 40.7 Å². The molecule has 4 heteroatoms. The van der Waals surface area contributed by atoms with E-state index in [9.17, 15) is 9.18 Å². The minimum Gasteiger partial charge on any atom is -0.461 e. The molecule has 0 atom stereocenters. The summed E-state index contributed by atoms with van der Waals surface area (Å²) >= 11 is 0. The van der Waals surface area contributed by atoms with Crippen molar-refractivity contribution in [2.45, 2.75) is 32.6 Å². The SMILES string of the molecule is Cc1cc(F)cc2c1C(C(=O)OCC13CCN(CC1)CC3)=CC2. The number of benzene rings is 1. The molecule has 1 aromatic carbocycles. The third kappa shape index (κ3) is 2.59. The molecule has 0 spiro atoms. The van der Waals surface area contributed by atoms with E-state index in [1.165, 1.54) is 12.1 Å². The minimum absolute atomic E-state index is 0.185. The van der Waals surface area contributed by atoms with E-state index >= 15 is 0 Å². The van der Waals surface area contributed by atoms with E-state index in [2.05, 4.69) is 4.90 Å². The van der Waals surface area contributed by atoms with Crippen LogP contribution in [-0.2, 0) is 16.0 Å². The zero-order valence-corrected chi connectivity index (χ0v) is 13.5. The summed E-state index contributed by atoms with van der Waals surface area (Å²) in [5, 5.41) is 0. The van der Waals surface area contributed by atoms with Crippen molar-refractivity contribution in [3.8, 4) is 0 Å². The van der Waals surface area contributed by atoms with Gasteiger partial charge in [-0.15, -0.1) is 0 Å². The van der Waals surface area contributed by atoms with Crippen molar-refractivity contribution >= 4 is 11.5 Å². The van der Waals surface area contributed by atoms with Crippen LogP contribution in [0.1, 0.15) is 36.0 Å². The lowest BCUT2D eigenvalue weighted by molar-refractivity contribution is -0.143. The summed E-state index contributed by atoms with van der Waals surface area (Å²) in [5.74, 6) is -0.488. The fraction of sp³-hybridized carbons (Fsp3) is 0.526. The van der Waals surface area contributed by atoms with Crippen molar-refractivity contribution in [3.63, 3.8) is 0 Å². The summed E-state index contributed by atoms with van der Waals surface area (Å²) in [4.78, 5) is 15.0. The van der Waals surface area contributed by atoms with E-state index in [4.69, 9.17) is 4.74 Å². The first kappa shape index (κ1) is 14.9. The highest BCUT2D eigenvalue weighted by Gasteiger charge is 2.40. The van der Waals surface area contributed by atoms with Gasteiger partial charge in [0, 0.05) is 5.41 Å². The van der Waals surface area contributed by atoms with Gasteiger partial charge in [-0.05, 0) is 81.1 Å². The van der Waals surface area contributed by atoms with Crippen molar-refractivity contribution < 1.29 is 13.9 Å². The largest absolute Gasteiger partial charge is 0.461 e. The molecule has 3 fully saturated rings. The lowest BCUT2D eigenvalue weighted by Crippen LogP contribution is -2.50. The van der Waals surface area contributed by atoms with Gasteiger partial charge in [-0.2, -0.15) is 0 Å². The molecule has 1 aliphatic carbocycles. The summed E-state index contributed by atoms with van der Waals surface area (Å²) in [6, 6.07) is 3.01. The van der Waals surface area contributed by atoms with E-state index in [1.807, 2.05) is 13.0 Å². The van der Waals surface area contributed by atoms with E-state index in [-0.39, 0.29) is 17.2 Å². The van der Waals surface area contributed by atoms with Crippen LogP contribution < -0.4 is 0 Å². The molecule has 0 saturated carbocycles. The highest BCUT2D eigenvalue weighted by molar-refractivity contribution is 6.18. The quantitative estimate of drug-likeness (QED) is 0.803. The van der Waals surface area contributed by atoms with E-state index in [0.717, 1.165) is 55.6 Å². The van der Waals surface area contributed by atoms with Gasteiger partial charge in [0.05, 0.1) is 12.2 Å². The number of fused-ring (bicyclic) bond motifs is 4. The van der Waals surface area contributed by atoms with Crippen molar-refractivity contribution in [2.75, 3.05) is 26.2 Å². The Bertz CT molecular complexity index is 673. The second-order valence-corrected chi connectivity index (χ2v) is 7.25. The molecule has 122 valence electrons. The molecule has 1 aromatic rings. The minimum atomic E-state index is -0.249. The molecule has 0 N–H and O–H groups in total. The number of nitrogens with zero attached hydrogens (tertiary/aromatic N) is 1. The molecule has 3 heterocycles. The molecule has 23 heavy (non-hydrogen) atoms. The number of rotatable bonds is 3. The predicted octanol–water partition coefficient (Wildman–Crippen LogP) is 3.10. The van der Waals surface area contributed by atoms with Crippen molar-refractivity contribution in [1.82, 2.24) is 4.90 Å². The van der Waals surface area contributed by atoms with Crippen molar-refractivity contribution in [2.24, 2.45) is 5.41 Å². The summed E-state index contributed by atoms with van der Waals surface area (Å²) in [7, 11) is 0. The smallest absolute Gasteiger partial charge is 0.338 e. The average Bonchev–Trinajstić information content (AvgIpc) is 2.98. The van der Waals surface area contributed by atoms with Gasteiger partial charge >= 0.3 is 5.97 Å². The molecule has 3 nitrogen and oxygen atoms in total. The maximum atomic E-state index is 13.5. The third-order valence-corrected chi connectivity index (χ3v) is 5.78. The highest BCUT2D eigenvalue weighted by Crippen LogP contribution is 2.41. The molecule has 3 aliphatic heterocycles. The molecule has 0 unspecified atom stereocenters. The van der Waals surface area contributed by atoms with E-state index in [1.54, 1.807) is 0 Å². The number of hydrogen-bond acceptors (Lipinski definition) is 3. The average molecular weight is 315 g/mol. The van der Waals surface area contributed by atoms with Crippen LogP contribution in [0.4, 0.5) is 4.39 Å². The topological polar surface area (TPSA) is 29.5 Å². The Kier molecular flexibility index (Phi) is 3.52. The monoisotopic (exact) mass is 315 g/mol. The van der Waals surface area contributed by atoms with Gasteiger partial charge in [-0.3, -0.25) is 0 Å². The summed E-state index contributed by atoms with van der Waals surface area (Å²) < 4.78 is 19.2. The summed E-state index contributed by atoms with van der Waals surface area (Å²) in [6.45, 7) is 5.75. The molecule has 2 bridgehead atoms. The fourth-order valence-electron chi connectivity index (χ4n) is 4.27. The maximum Gasteiger partial charge on any atom is 0.338 e. The summed E-state index contributed by atoms with van der Waals surface area (Å²) in [6.07, 6.45) is 5.86. The number of carbonyl (C=O) groups excluding carboxylic acids is 1. The van der Waals surface area contributed by atoms with Crippen LogP contribution >= 0.6 is 0 Å². The van der Waals surface area contributed by atoms with Crippen LogP contribution in [0.2, 0.25) is 0 Å². The second kappa shape index (κ2) is 5.45. The van der Waals surface area contributed by atoms with Gasteiger partial charge in [0.1, 0.15) is 5.82 Å². The van der Waals surface area contributed by atoms with Crippen LogP contribution in [0.15, 0.2) is 18.2 Å². The first-order valence-corrected chi connectivity index (χ1v) is 8.45. The van der Waals surface area contributed by atoms with Gasteiger partial charge in [-0.25, -0.2) is 9.18 Å². The number of allylic oxidation sites excluding steroid dienone is 1. The Hall–Kier alpha value is -1.68. The zero-order valence-electron chi connectivity index (χ0n) is 13.5. The Labute approximate surface area is 136 Å². The third-order valence-electron chi connectivity index (χ3n) is 5.78. The van der Waals surface area contributed by atoms with Crippen LogP contribution in [0.25, 0.3) is 5.57 Å². The normalized spacial score (nSPS) is 28.4. The number of carbonyl (C=O) groups is 1. The molecule has 0 amide bonds. The number of hydrogen-bond donors (Lipinski definition) is 0. The molecular formula is C19H22FNO2. The molecule has 3 saturated heterocycles. The first-order chi connectivity index (χ1) is 11.1. The lowest BCUT2D eigenvalue weighted by atomic mass is 9.73. The van der Waals surface area contributed by atoms with Crippen molar-refractivity contribution in [1.29, 1.82) is 0 Å². The highest BCUT2D eigenvalue weighted by atomic mass is 19.1. The van der Waals surface area contributed by atoms with E-state index < -0.39 is 0 Å². The number of halogens is 1. The number of ether oxygens (including phenoxy) is 1. The molecule has 0 aromatic heterocycles. The molecule has 4 aliphatic rings. The Morgan fingerprint density at radius 3 is 2.65 bits per heavy atom. The van der Waals surface area contributed by atoms with Gasteiger partial charge < -0.3 is 9.64 Å². The van der Waals surface area contributed by atoms with Crippen LogP contribution in [0.5, 0.6) is 0 Å². The van der Waals surface area contributed by atoms with Gasteiger partial charge in [0.15, 0.2) is 0 Å². The van der Waals surface area contributed by atoms with Crippen LogP contribution in [0, 0.1) is 18.2 Å². The Morgan fingerprint density at radius 1 is 1.26 bits per heavy atom. The Balaban J connectivity index is 1.47.